The number of esters is 1. The van der Waals surface area contributed by atoms with Gasteiger partial charge in [-0.25, -0.2) is 13.2 Å². The largest absolute Gasteiger partial charge is 0.462 e. The molecule has 1 N–H and O–H groups in total. The smallest absolute Gasteiger partial charge is 0.348 e. The Labute approximate surface area is 211 Å². The van der Waals surface area contributed by atoms with Crippen LogP contribution in [0.4, 0.5) is 10.7 Å². The number of thioether (sulfide) groups is 1. The number of thiocyanates is 1. The highest BCUT2D eigenvalue weighted by Gasteiger charge is 2.30. The normalized spacial score (nSPS) is 12.7. The van der Waals surface area contributed by atoms with Crippen molar-refractivity contribution in [1.29, 1.82) is 5.26 Å². The molecule has 2 aromatic carbocycles. The molecule has 0 bridgehead atoms. The molecule has 1 aliphatic rings. The molecule has 0 fully saturated rings. The first kappa shape index (κ1) is 24.8. The number of sulfonamides is 1. The number of nitrogens with one attached hydrogen (secondary N) is 1. The van der Waals surface area contributed by atoms with Crippen LogP contribution in [0.3, 0.4) is 0 Å². The molecule has 0 saturated heterocycles. The van der Waals surface area contributed by atoms with E-state index in [0.29, 0.717) is 39.0 Å². The molecule has 180 valence electrons. The van der Waals surface area contributed by atoms with Crippen LogP contribution in [0, 0.1) is 17.6 Å². The number of ether oxygens (including phenoxy) is 1. The Kier molecular flexibility index (Phi) is 7.16. The summed E-state index contributed by atoms with van der Waals surface area (Å²) >= 11 is 1.88. The van der Waals surface area contributed by atoms with Crippen LogP contribution in [-0.4, -0.2) is 33.4 Å². The molecule has 4 rings (SSSR count). The number of hydrogen-bond donors (Lipinski definition) is 1. The Balaban J connectivity index is 1.56. The first-order valence-corrected chi connectivity index (χ1v) is 13.7. The molecule has 8 nitrogen and oxygen atoms in total. The summed E-state index contributed by atoms with van der Waals surface area (Å²) in [5.41, 5.74) is 2.44. The van der Waals surface area contributed by atoms with Crippen LogP contribution in [0.15, 0.2) is 58.3 Å². The monoisotopic (exact) mass is 527 g/mol. The third-order valence-corrected chi connectivity index (χ3v) is 9.43. The van der Waals surface area contributed by atoms with Gasteiger partial charge < -0.3 is 10.1 Å². The standard InChI is InChI=1S/C24H21N3O5S3/c1-3-32-24(29)21-15(2)20(33-14-25)23(34-21)26-22(28)17-8-10-18(11-9-17)35(30,31)27-13-12-16-6-4-5-7-19(16)27/h4-11H,3,12-13H2,1-2H3,(H,26,28). The van der Waals surface area contributed by atoms with Gasteiger partial charge in [0, 0.05) is 12.1 Å². The van der Waals surface area contributed by atoms with Gasteiger partial charge in [0.1, 0.15) is 15.3 Å². The summed E-state index contributed by atoms with van der Waals surface area (Å²) in [5.74, 6) is -1.01. The van der Waals surface area contributed by atoms with Gasteiger partial charge >= 0.3 is 5.97 Å². The maximum atomic E-state index is 13.2. The van der Waals surface area contributed by atoms with Gasteiger partial charge in [0.25, 0.3) is 15.9 Å². The van der Waals surface area contributed by atoms with E-state index >= 15 is 0 Å². The Bertz CT molecular complexity index is 1440. The van der Waals surface area contributed by atoms with Crippen LogP contribution in [0.25, 0.3) is 0 Å². The van der Waals surface area contributed by atoms with E-state index in [9.17, 15) is 18.0 Å². The van der Waals surface area contributed by atoms with Crippen LogP contribution < -0.4 is 9.62 Å². The highest BCUT2D eigenvalue weighted by molar-refractivity contribution is 8.04. The van der Waals surface area contributed by atoms with Crippen LogP contribution >= 0.6 is 23.1 Å². The van der Waals surface area contributed by atoms with Crippen molar-refractivity contribution in [3.05, 3.63) is 70.1 Å². The van der Waals surface area contributed by atoms with Crippen molar-refractivity contribution in [3.63, 3.8) is 0 Å². The number of para-hydroxylation sites is 1. The number of fused-ring (bicyclic) bond motifs is 1. The molecule has 0 unspecified atom stereocenters. The summed E-state index contributed by atoms with van der Waals surface area (Å²) in [7, 11) is -3.77. The van der Waals surface area contributed by atoms with E-state index in [2.05, 4.69) is 5.32 Å². The van der Waals surface area contributed by atoms with Crippen molar-refractivity contribution >= 4 is 55.7 Å². The summed E-state index contributed by atoms with van der Waals surface area (Å²) in [6, 6.07) is 13.1. The predicted octanol–water partition coefficient (Wildman–Crippen LogP) is 4.81. The van der Waals surface area contributed by atoms with Gasteiger partial charge in [-0.2, -0.15) is 5.26 Å². The number of rotatable bonds is 7. The van der Waals surface area contributed by atoms with Crippen molar-refractivity contribution in [2.24, 2.45) is 0 Å². The fourth-order valence-electron chi connectivity index (χ4n) is 3.78. The summed E-state index contributed by atoms with van der Waals surface area (Å²) in [6.45, 7) is 3.95. The van der Waals surface area contributed by atoms with Gasteiger partial charge in [-0.05, 0) is 73.5 Å². The first-order valence-electron chi connectivity index (χ1n) is 10.7. The number of hydrogen-bond acceptors (Lipinski definition) is 8. The molecule has 3 aromatic rings. The van der Waals surface area contributed by atoms with Gasteiger partial charge in [-0.1, -0.05) is 18.2 Å². The Morgan fingerprint density at radius 3 is 2.60 bits per heavy atom. The Morgan fingerprint density at radius 2 is 1.91 bits per heavy atom. The second-order valence-corrected chi connectivity index (χ2v) is 11.2. The van der Waals surface area contributed by atoms with Gasteiger partial charge in [0.05, 0.1) is 22.1 Å². The minimum Gasteiger partial charge on any atom is -0.462 e. The quantitative estimate of drug-likeness (QED) is 0.266. The van der Waals surface area contributed by atoms with E-state index in [1.165, 1.54) is 28.6 Å². The lowest BCUT2D eigenvalue weighted by atomic mass is 10.2. The van der Waals surface area contributed by atoms with Crippen molar-refractivity contribution in [2.45, 2.75) is 30.1 Å². The van der Waals surface area contributed by atoms with E-state index in [1.807, 2.05) is 17.5 Å². The molecule has 0 saturated carbocycles. The second-order valence-electron chi connectivity index (χ2n) is 7.56. The number of amides is 1. The molecule has 11 heteroatoms. The van der Waals surface area contributed by atoms with E-state index in [-0.39, 0.29) is 17.1 Å². The molecule has 1 aromatic heterocycles. The van der Waals surface area contributed by atoms with Crippen LogP contribution in [-0.2, 0) is 21.2 Å². The fourth-order valence-corrected chi connectivity index (χ4v) is 7.08. The number of benzene rings is 2. The van der Waals surface area contributed by atoms with E-state index in [0.717, 1.165) is 28.7 Å². The van der Waals surface area contributed by atoms with E-state index < -0.39 is 21.9 Å². The topological polar surface area (TPSA) is 117 Å². The minimum atomic E-state index is -3.77. The molecule has 1 aliphatic heterocycles. The fraction of sp³-hybridized carbons (Fsp3) is 0.208. The average molecular weight is 528 g/mol. The molecular formula is C24H21N3O5S3. The number of thiophene rings is 1. The summed E-state index contributed by atoms with van der Waals surface area (Å²) in [5, 5.41) is 14.2. The zero-order chi connectivity index (χ0) is 25.2. The maximum absolute atomic E-state index is 13.2. The lowest BCUT2D eigenvalue weighted by Gasteiger charge is -2.19. The molecule has 0 radical (unpaired) electrons. The summed E-state index contributed by atoms with van der Waals surface area (Å²) < 4.78 is 32.8. The van der Waals surface area contributed by atoms with Gasteiger partial charge in [-0.15, -0.1) is 11.3 Å². The summed E-state index contributed by atoms with van der Waals surface area (Å²) in [6.07, 6.45) is 0.646. The number of carbonyl (C=O) groups is 2. The highest BCUT2D eigenvalue weighted by atomic mass is 32.2. The van der Waals surface area contributed by atoms with Crippen LogP contribution in [0.1, 0.15) is 38.1 Å². The van der Waals surface area contributed by atoms with Crippen molar-refractivity contribution in [1.82, 2.24) is 0 Å². The number of anilines is 2. The van der Waals surface area contributed by atoms with Gasteiger partial charge in [-0.3, -0.25) is 9.10 Å². The molecule has 0 spiro atoms. The second kappa shape index (κ2) is 10.1. The number of nitrogens with zero attached hydrogens (tertiary/aromatic N) is 2. The molecular weight excluding hydrogens is 506 g/mol. The van der Waals surface area contributed by atoms with Crippen LogP contribution in [0.2, 0.25) is 0 Å². The van der Waals surface area contributed by atoms with Gasteiger partial charge in [0.15, 0.2) is 0 Å². The molecule has 35 heavy (non-hydrogen) atoms. The summed E-state index contributed by atoms with van der Waals surface area (Å²) in [4.78, 5) is 26.0. The lowest BCUT2D eigenvalue weighted by Crippen LogP contribution is -2.29. The van der Waals surface area contributed by atoms with E-state index in [4.69, 9.17) is 10.00 Å². The molecule has 2 heterocycles. The maximum Gasteiger partial charge on any atom is 0.348 e. The Morgan fingerprint density at radius 1 is 1.20 bits per heavy atom. The minimum absolute atomic E-state index is 0.0862. The SMILES string of the molecule is CCOC(=O)c1sc(NC(=O)c2ccc(S(=O)(=O)N3CCc4ccccc43)cc2)c(SC#N)c1C. The number of nitriles is 1. The third-order valence-electron chi connectivity index (χ3n) is 5.48. The predicted molar refractivity (Wildman–Crippen MR) is 136 cm³/mol. The van der Waals surface area contributed by atoms with Crippen molar-refractivity contribution in [3.8, 4) is 5.40 Å². The first-order chi connectivity index (χ1) is 16.8. The zero-order valence-electron chi connectivity index (χ0n) is 18.9. The average Bonchev–Trinajstić information content (AvgIpc) is 3.42. The van der Waals surface area contributed by atoms with Crippen molar-refractivity contribution < 1.29 is 22.7 Å². The molecule has 0 atom stereocenters. The lowest BCUT2D eigenvalue weighted by molar-refractivity contribution is 0.0531. The third kappa shape index (κ3) is 4.77. The zero-order valence-corrected chi connectivity index (χ0v) is 21.4. The highest BCUT2D eigenvalue weighted by Crippen LogP contribution is 2.40. The van der Waals surface area contributed by atoms with Gasteiger partial charge in [0.2, 0.25) is 0 Å². The molecule has 1 amide bonds. The van der Waals surface area contributed by atoms with E-state index in [1.54, 1.807) is 26.0 Å². The van der Waals surface area contributed by atoms with Crippen molar-refractivity contribution in [2.75, 3.05) is 22.8 Å². The number of carbonyl (C=O) groups excluding carboxylic acids is 2. The Hall–Kier alpha value is -3.33. The van der Waals surface area contributed by atoms with Crippen LogP contribution in [0.5, 0.6) is 0 Å². The molecule has 0 aliphatic carbocycles.